The smallest absolute Gasteiger partial charge is 0.319 e. The maximum Gasteiger partial charge on any atom is 0.319 e. The van der Waals surface area contributed by atoms with Crippen LogP contribution in [0.5, 0.6) is 0 Å². The van der Waals surface area contributed by atoms with Crippen molar-refractivity contribution in [2.24, 2.45) is 0 Å². The van der Waals surface area contributed by atoms with Gasteiger partial charge >= 0.3 is 6.03 Å². The molecule has 1 saturated carbocycles. The van der Waals surface area contributed by atoms with E-state index in [1.165, 1.54) is 0 Å². The third-order valence-corrected chi connectivity index (χ3v) is 3.10. The largest absolute Gasteiger partial charge is 0.378 e. The number of aryl methyl sites for hydroxylation is 2. The molecule has 1 aliphatic rings. The molecule has 0 unspecified atom stereocenters. The highest BCUT2D eigenvalue weighted by Gasteiger charge is 2.30. The number of hydrogen-bond acceptors (Lipinski definition) is 4. The van der Waals surface area contributed by atoms with Crippen LogP contribution in [0.4, 0.5) is 10.5 Å². The van der Waals surface area contributed by atoms with E-state index in [4.69, 9.17) is 9.26 Å². The molecule has 6 heteroatoms. The van der Waals surface area contributed by atoms with Crippen LogP contribution in [0.15, 0.2) is 4.52 Å². The number of anilines is 1. The zero-order valence-electron chi connectivity index (χ0n) is 10.9. The summed E-state index contributed by atoms with van der Waals surface area (Å²) in [6, 6.07) is -0.0219. The molecule has 1 aromatic rings. The van der Waals surface area contributed by atoms with Crippen LogP contribution in [0, 0.1) is 13.8 Å². The van der Waals surface area contributed by atoms with E-state index in [2.05, 4.69) is 15.8 Å². The molecule has 100 valence electrons. The van der Waals surface area contributed by atoms with Crippen LogP contribution in [0.25, 0.3) is 0 Å². The number of hydrogen-bond donors (Lipinski definition) is 2. The summed E-state index contributed by atoms with van der Waals surface area (Å²) in [7, 11) is 0. The number of nitrogens with one attached hydrogen (secondary N) is 2. The third kappa shape index (κ3) is 2.81. The molecular formula is C12H19N3O3. The molecule has 0 aromatic carbocycles. The van der Waals surface area contributed by atoms with Gasteiger partial charge < -0.3 is 19.9 Å². The molecule has 1 heterocycles. The van der Waals surface area contributed by atoms with Crippen molar-refractivity contribution in [1.82, 2.24) is 10.5 Å². The van der Waals surface area contributed by atoms with Crippen LogP contribution in [0.2, 0.25) is 0 Å². The molecule has 1 fully saturated rings. The standard InChI is InChI=1S/C12H19N3O3/c1-4-17-10-5-9(6-10)13-12(16)14-11-7(2)15-18-8(11)3/h9-10H,4-6H2,1-3H3,(H2,13,14,16). The first-order valence-corrected chi connectivity index (χ1v) is 6.22. The first-order chi connectivity index (χ1) is 8.60. The van der Waals surface area contributed by atoms with E-state index in [0.29, 0.717) is 23.2 Å². The average Bonchev–Trinajstić information content (AvgIpc) is 2.58. The maximum absolute atomic E-state index is 11.8. The van der Waals surface area contributed by atoms with Crippen molar-refractivity contribution >= 4 is 11.7 Å². The number of aromatic nitrogens is 1. The van der Waals surface area contributed by atoms with Crippen LogP contribution < -0.4 is 10.6 Å². The van der Waals surface area contributed by atoms with Crippen molar-refractivity contribution in [3.05, 3.63) is 11.5 Å². The Labute approximate surface area is 106 Å². The molecule has 2 rings (SSSR count). The minimum Gasteiger partial charge on any atom is -0.378 e. The predicted molar refractivity (Wildman–Crippen MR) is 66.6 cm³/mol. The fraction of sp³-hybridized carbons (Fsp3) is 0.667. The van der Waals surface area contributed by atoms with Gasteiger partial charge in [-0.2, -0.15) is 0 Å². The van der Waals surface area contributed by atoms with Gasteiger partial charge in [0.1, 0.15) is 11.4 Å². The van der Waals surface area contributed by atoms with E-state index in [0.717, 1.165) is 19.4 Å². The van der Waals surface area contributed by atoms with Crippen molar-refractivity contribution < 1.29 is 14.1 Å². The lowest BCUT2D eigenvalue weighted by Gasteiger charge is -2.35. The second kappa shape index (κ2) is 5.39. The Kier molecular flexibility index (Phi) is 3.86. The molecule has 0 bridgehead atoms. The Morgan fingerprint density at radius 2 is 2.22 bits per heavy atom. The Balaban J connectivity index is 1.77. The third-order valence-electron chi connectivity index (χ3n) is 3.10. The van der Waals surface area contributed by atoms with Gasteiger partial charge in [-0.15, -0.1) is 0 Å². The Morgan fingerprint density at radius 3 is 2.78 bits per heavy atom. The molecule has 1 aliphatic carbocycles. The minimum atomic E-state index is -0.218. The molecule has 0 saturated heterocycles. The summed E-state index contributed by atoms with van der Waals surface area (Å²) in [5.41, 5.74) is 1.33. The molecule has 0 radical (unpaired) electrons. The number of carbonyl (C=O) groups is 1. The molecule has 1 aromatic heterocycles. The van der Waals surface area contributed by atoms with Crippen molar-refractivity contribution in [1.29, 1.82) is 0 Å². The van der Waals surface area contributed by atoms with Gasteiger partial charge in [0, 0.05) is 12.6 Å². The summed E-state index contributed by atoms with van der Waals surface area (Å²) in [6.45, 7) is 6.26. The zero-order chi connectivity index (χ0) is 13.1. The summed E-state index contributed by atoms with van der Waals surface area (Å²) in [6.07, 6.45) is 2.05. The lowest BCUT2D eigenvalue weighted by molar-refractivity contribution is -0.00673. The van der Waals surface area contributed by atoms with Gasteiger partial charge in [0.2, 0.25) is 0 Å². The number of carbonyl (C=O) groups excluding carboxylic acids is 1. The van der Waals surface area contributed by atoms with Gasteiger partial charge in [0.15, 0.2) is 5.76 Å². The zero-order valence-corrected chi connectivity index (χ0v) is 10.9. The Bertz CT molecular complexity index is 405. The fourth-order valence-electron chi connectivity index (χ4n) is 2.05. The molecular weight excluding hydrogens is 234 g/mol. The van der Waals surface area contributed by atoms with Gasteiger partial charge in [0.05, 0.1) is 6.10 Å². The SMILES string of the molecule is CCOC1CC(NC(=O)Nc2c(C)noc2C)C1. The van der Waals surface area contributed by atoms with E-state index in [9.17, 15) is 4.79 Å². The minimum absolute atomic E-state index is 0.196. The first kappa shape index (κ1) is 12.9. The maximum atomic E-state index is 11.8. The van der Waals surface area contributed by atoms with Gasteiger partial charge in [0.25, 0.3) is 0 Å². The fourth-order valence-corrected chi connectivity index (χ4v) is 2.05. The lowest BCUT2D eigenvalue weighted by atomic mass is 9.89. The van der Waals surface area contributed by atoms with Gasteiger partial charge in [-0.25, -0.2) is 4.79 Å². The molecule has 2 amide bonds. The van der Waals surface area contributed by atoms with Crippen LogP contribution in [0.3, 0.4) is 0 Å². The van der Waals surface area contributed by atoms with Crippen molar-refractivity contribution in [2.45, 2.75) is 45.8 Å². The Hall–Kier alpha value is -1.56. The molecule has 0 spiro atoms. The first-order valence-electron chi connectivity index (χ1n) is 6.22. The molecule has 18 heavy (non-hydrogen) atoms. The van der Waals surface area contributed by atoms with Crippen LogP contribution in [-0.4, -0.2) is 29.9 Å². The van der Waals surface area contributed by atoms with E-state index in [1.54, 1.807) is 13.8 Å². The number of urea groups is 1. The van der Waals surface area contributed by atoms with Crippen molar-refractivity contribution in [3.63, 3.8) is 0 Å². The monoisotopic (exact) mass is 253 g/mol. The van der Waals surface area contributed by atoms with Gasteiger partial charge in [-0.05, 0) is 33.6 Å². The second-order valence-electron chi connectivity index (χ2n) is 4.54. The topological polar surface area (TPSA) is 76.4 Å². The molecule has 0 atom stereocenters. The van der Waals surface area contributed by atoms with Gasteiger partial charge in [-0.1, -0.05) is 5.16 Å². The highest BCUT2D eigenvalue weighted by Crippen LogP contribution is 2.24. The summed E-state index contributed by atoms with van der Waals surface area (Å²) in [4.78, 5) is 11.8. The van der Waals surface area contributed by atoms with Gasteiger partial charge in [-0.3, -0.25) is 0 Å². The number of amides is 2. The second-order valence-corrected chi connectivity index (χ2v) is 4.54. The van der Waals surface area contributed by atoms with Crippen LogP contribution >= 0.6 is 0 Å². The highest BCUT2D eigenvalue weighted by atomic mass is 16.5. The van der Waals surface area contributed by atoms with Crippen molar-refractivity contribution in [2.75, 3.05) is 11.9 Å². The quantitative estimate of drug-likeness (QED) is 0.860. The normalized spacial score (nSPS) is 22.4. The highest BCUT2D eigenvalue weighted by molar-refractivity contribution is 5.90. The molecule has 2 N–H and O–H groups in total. The summed E-state index contributed by atoms with van der Waals surface area (Å²) in [5, 5.41) is 9.44. The van der Waals surface area contributed by atoms with Crippen LogP contribution in [-0.2, 0) is 4.74 Å². The van der Waals surface area contributed by atoms with Crippen molar-refractivity contribution in [3.8, 4) is 0 Å². The van der Waals surface area contributed by atoms with E-state index < -0.39 is 0 Å². The average molecular weight is 253 g/mol. The van der Waals surface area contributed by atoms with E-state index in [1.807, 2.05) is 6.92 Å². The summed E-state index contributed by atoms with van der Waals surface area (Å²) >= 11 is 0. The van der Waals surface area contributed by atoms with E-state index >= 15 is 0 Å². The molecule has 0 aliphatic heterocycles. The molecule has 6 nitrogen and oxygen atoms in total. The lowest BCUT2D eigenvalue weighted by Crippen LogP contribution is -2.49. The number of nitrogens with zero attached hydrogens (tertiary/aromatic N) is 1. The Morgan fingerprint density at radius 1 is 1.50 bits per heavy atom. The number of ether oxygens (including phenoxy) is 1. The summed E-state index contributed by atoms with van der Waals surface area (Å²) < 4.78 is 10.4. The summed E-state index contributed by atoms with van der Waals surface area (Å²) in [5.74, 6) is 0.614. The van der Waals surface area contributed by atoms with E-state index in [-0.39, 0.29) is 12.1 Å². The van der Waals surface area contributed by atoms with Crippen LogP contribution in [0.1, 0.15) is 31.2 Å². The predicted octanol–water partition coefficient (Wildman–Crippen LogP) is 1.98. The number of rotatable bonds is 4.